The van der Waals surface area contributed by atoms with Crippen LogP contribution in [0.15, 0.2) is 29.5 Å². The number of aromatic nitrogens is 2. The van der Waals surface area contributed by atoms with Crippen LogP contribution in [0.4, 0.5) is 23.5 Å². The molecule has 0 unspecified atom stereocenters. The number of nitrogen functional groups attached to an aromatic ring is 1. The molecular formula is C12H10F4N4. The van der Waals surface area contributed by atoms with Crippen molar-refractivity contribution in [2.45, 2.75) is 13.1 Å². The number of rotatable bonds is 2. The van der Waals surface area contributed by atoms with Gasteiger partial charge >= 0.3 is 6.18 Å². The van der Waals surface area contributed by atoms with E-state index in [2.05, 4.69) is 10.1 Å². The van der Waals surface area contributed by atoms with E-state index in [0.717, 1.165) is 12.3 Å². The highest BCUT2D eigenvalue weighted by atomic mass is 19.4. The SMILES string of the molecule is Cc1cn(N=Cc2ccc(F)c(C(F)(F)F)c2)c(N)n1. The lowest BCUT2D eigenvalue weighted by Crippen LogP contribution is -2.08. The van der Waals surface area contributed by atoms with Gasteiger partial charge in [-0.1, -0.05) is 6.07 Å². The summed E-state index contributed by atoms with van der Waals surface area (Å²) >= 11 is 0. The molecule has 1 heterocycles. The summed E-state index contributed by atoms with van der Waals surface area (Å²) in [5, 5.41) is 3.86. The molecule has 0 aliphatic carbocycles. The zero-order chi connectivity index (χ0) is 14.9. The van der Waals surface area contributed by atoms with Crippen LogP contribution in [0.2, 0.25) is 0 Å². The third kappa shape index (κ3) is 2.95. The minimum atomic E-state index is -4.75. The van der Waals surface area contributed by atoms with E-state index in [-0.39, 0.29) is 11.5 Å². The average Bonchev–Trinajstić information content (AvgIpc) is 2.65. The average molecular weight is 286 g/mol. The van der Waals surface area contributed by atoms with Crippen molar-refractivity contribution in [1.29, 1.82) is 0 Å². The number of aryl methyl sites for hydroxylation is 1. The smallest absolute Gasteiger partial charge is 0.368 e. The first kappa shape index (κ1) is 14.0. The Morgan fingerprint density at radius 3 is 2.60 bits per heavy atom. The van der Waals surface area contributed by atoms with Gasteiger partial charge in [0.1, 0.15) is 5.82 Å². The van der Waals surface area contributed by atoms with E-state index in [1.54, 1.807) is 6.92 Å². The van der Waals surface area contributed by atoms with E-state index in [1.807, 2.05) is 0 Å². The van der Waals surface area contributed by atoms with E-state index < -0.39 is 17.6 Å². The molecule has 0 fully saturated rings. The van der Waals surface area contributed by atoms with Gasteiger partial charge in [-0.15, -0.1) is 0 Å². The van der Waals surface area contributed by atoms with Gasteiger partial charge < -0.3 is 5.73 Å². The highest BCUT2D eigenvalue weighted by molar-refractivity contribution is 5.79. The fourth-order valence-electron chi connectivity index (χ4n) is 1.57. The number of anilines is 1. The third-order valence-electron chi connectivity index (χ3n) is 2.46. The molecule has 1 aromatic heterocycles. The highest BCUT2D eigenvalue weighted by Crippen LogP contribution is 2.31. The van der Waals surface area contributed by atoms with Gasteiger partial charge in [0.15, 0.2) is 0 Å². The summed E-state index contributed by atoms with van der Waals surface area (Å²) in [4.78, 5) is 3.88. The maximum atomic E-state index is 13.1. The van der Waals surface area contributed by atoms with Crippen molar-refractivity contribution in [3.8, 4) is 0 Å². The molecule has 2 rings (SSSR count). The predicted molar refractivity (Wildman–Crippen MR) is 65.8 cm³/mol. The zero-order valence-corrected chi connectivity index (χ0v) is 10.3. The molecule has 0 aliphatic heterocycles. The lowest BCUT2D eigenvalue weighted by Gasteiger charge is -2.08. The van der Waals surface area contributed by atoms with Gasteiger partial charge in [0.05, 0.1) is 23.7 Å². The number of nitrogens with two attached hydrogens (primary N) is 1. The van der Waals surface area contributed by atoms with Crippen molar-refractivity contribution in [3.05, 3.63) is 47.0 Å². The van der Waals surface area contributed by atoms with Gasteiger partial charge in [0, 0.05) is 0 Å². The minimum absolute atomic E-state index is 0.101. The second-order valence-electron chi connectivity index (χ2n) is 4.07. The van der Waals surface area contributed by atoms with Crippen molar-refractivity contribution in [3.63, 3.8) is 0 Å². The molecule has 0 saturated carbocycles. The van der Waals surface area contributed by atoms with Crippen LogP contribution in [0.1, 0.15) is 16.8 Å². The van der Waals surface area contributed by atoms with Crippen LogP contribution in [-0.2, 0) is 6.18 Å². The van der Waals surface area contributed by atoms with Gasteiger partial charge in [-0.3, -0.25) is 0 Å². The first-order chi connectivity index (χ1) is 9.27. The predicted octanol–water partition coefficient (Wildman–Crippen LogP) is 2.81. The number of imidazole rings is 1. The molecule has 2 aromatic rings. The van der Waals surface area contributed by atoms with Crippen LogP contribution in [0.25, 0.3) is 0 Å². The summed E-state index contributed by atoms with van der Waals surface area (Å²) < 4.78 is 51.9. The van der Waals surface area contributed by atoms with Gasteiger partial charge in [-0.2, -0.15) is 18.3 Å². The molecule has 4 nitrogen and oxygen atoms in total. The summed E-state index contributed by atoms with van der Waals surface area (Å²) in [6, 6.07) is 2.61. The van der Waals surface area contributed by atoms with Crippen LogP contribution in [0.5, 0.6) is 0 Å². The highest BCUT2D eigenvalue weighted by Gasteiger charge is 2.34. The molecule has 0 saturated heterocycles. The van der Waals surface area contributed by atoms with E-state index in [0.29, 0.717) is 11.8 Å². The molecule has 2 N–H and O–H groups in total. The Balaban J connectivity index is 2.33. The van der Waals surface area contributed by atoms with E-state index in [4.69, 9.17) is 5.73 Å². The van der Waals surface area contributed by atoms with Gasteiger partial charge in [-0.25, -0.2) is 14.1 Å². The van der Waals surface area contributed by atoms with E-state index >= 15 is 0 Å². The number of alkyl halides is 3. The van der Waals surface area contributed by atoms with Crippen molar-refractivity contribution >= 4 is 12.2 Å². The molecule has 106 valence electrons. The van der Waals surface area contributed by atoms with Crippen molar-refractivity contribution in [2.75, 3.05) is 5.73 Å². The standard InChI is InChI=1S/C12H10F4N4/c1-7-6-20(11(17)19-7)18-5-8-2-3-10(13)9(4-8)12(14,15)16/h2-6H,1H3,(H2,17,19). The van der Waals surface area contributed by atoms with Crippen molar-refractivity contribution in [2.24, 2.45) is 5.10 Å². The molecule has 0 atom stereocenters. The summed E-state index contributed by atoms with van der Waals surface area (Å²) in [5.74, 6) is -1.22. The van der Waals surface area contributed by atoms with Gasteiger partial charge in [-0.05, 0) is 24.6 Å². The lowest BCUT2D eigenvalue weighted by molar-refractivity contribution is -0.140. The second-order valence-corrected chi connectivity index (χ2v) is 4.07. The Morgan fingerprint density at radius 2 is 2.05 bits per heavy atom. The molecule has 0 radical (unpaired) electrons. The zero-order valence-electron chi connectivity index (χ0n) is 10.3. The van der Waals surface area contributed by atoms with E-state index in [1.165, 1.54) is 16.9 Å². The number of hydrogen-bond donors (Lipinski definition) is 1. The Morgan fingerprint density at radius 1 is 1.35 bits per heavy atom. The fraction of sp³-hybridized carbons (Fsp3) is 0.167. The number of nitrogens with zero attached hydrogens (tertiary/aromatic N) is 3. The first-order valence-corrected chi connectivity index (χ1v) is 5.50. The van der Waals surface area contributed by atoms with Crippen LogP contribution in [0.3, 0.4) is 0 Å². The largest absolute Gasteiger partial charge is 0.419 e. The van der Waals surface area contributed by atoms with Crippen LogP contribution >= 0.6 is 0 Å². The lowest BCUT2D eigenvalue weighted by atomic mass is 10.1. The topological polar surface area (TPSA) is 56.2 Å². The number of benzene rings is 1. The van der Waals surface area contributed by atoms with Crippen molar-refractivity contribution in [1.82, 2.24) is 9.66 Å². The third-order valence-corrected chi connectivity index (χ3v) is 2.46. The number of halogens is 4. The Kier molecular flexibility index (Phi) is 3.47. The maximum Gasteiger partial charge on any atom is 0.419 e. The maximum absolute atomic E-state index is 13.1. The second kappa shape index (κ2) is 4.95. The molecule has 0 aliphatic rings. The molecule has 20 heavy (non-hydrogen) atoms. The normalized spacial score (nSPS) is 12.2. The summed E-state index contributed by atoms with van der Waals surface area (Å²) in [6.07, 6.45) is -2.09. The molecule has 8 heteroatoms. The Hall–Kier alpha value is -2.38. The molecule has 1 aromatic carbocycles. The van der Waals surface area contributed by atoms with Gasteiger partial charge in [0.2, 0.25) is 5.95 Å². The molecule has 0 bridgehead atoms. The molecule has 0 spiro atoms. The summed E-state index contributed by atoms with van der Waals surface area (Å²) in [7, 11) is 0. The van der Waals surface area contributed by atoms with Crippen molar-refractivity contribution < 1.29 is 17.6 Å². The number of hydrogen-bond acceptors (Lipinski definition) is 3. The fourth-order valence-corrected chi connectivity index (χ4v) is 1.57. The van der Waals surface area contributed by atoms with E-state index in [9.17, 15) is 17.6 Å². The van der Waals surface area contributed by atoms with Crippen LogP contribution in [0, 0.1) is 12.7 Å². The summed E-state index contributed by atoms with van der Waals surface area (Å²) in [6.45, 7) is 1.70. The monoisotopic (exact) mass is 286 g/mol. The Labute approximate surface area is 111 Å². The van der Waals surface area contributed by atoms with Crippen LogP contribution in [-0.4, -0.2) is 15.9 Å². The molecular weight excluding hydrogens is 276 g/mol. The minimum Gasteiger partial charge on any atom is -0.368 e. The molecule has 0 amide bonds. The van der Waals surface area contributed by atoms with Gasteiger partial charge in [0.25, 0.3) is 0 Å². The quantitative estimate of drug-likeness (QED) is 0.681. The summed E-state index contributed by atoms with van der Waals surface area (Å²) in [5.41, 5.74) is 4.91. The van der Waals surface area contributed by atoms with Crippen LogP contribution < -0.4 is 5.73 Å². The first-order valence-electron chi connectivity index (χ1n) is 5.50. The Bertz CT molecular complexity index is 658.